The first-order valence-electron chi connectivity index (χ1n) is 20.7. The van der Waals surface area contributed by atoms with Crippen molar-refractivity contribution in [3.05, 3.63) is 23.8 Å². The first kappa shape index (κ1) is 49.1. The Morgan fingerprint density at radius 2 is 1.61 bits per heavy atom. The van der Waals surface area contributed by atoms with E-state index >= 15 is 0 Å². The standard InChI is InChI=1S/C43H70N4O12/c1-26(2)30(20-29-14-15-33(54-12)35(21-29)55-19-13-18-53-11)22-32-34(23-31(27(3)4)36(48)45-24-42(9,10)37(44)49)56-25-47(32)40(52)58-28(5)57-38(50)43(16-17-43)46-39(51)59-41(6,7)8/h14-15,21,26-28,30-32,34H,13,16-20,22-25H2,1-12H3,(H2,44,49)(H,45,48)(H,46,51)/t28?,30?,31?,32-,34-/m0/s1. The lowest BCUT2D eigenvalue weighted by Gasteiger charge is -2.33. The van der Waals surface area contributed by atoms with E-state index in [0.717, 1.165) is 5.56 Å². The fourth-order valence-corrected chi connectivity index (χ4v) is 6.79. The van der Waals surface area contributed by atoms with Crippen LogP contribution in [0, 0.1) is 29.1 Å². The number of rotatable bonds is 22. The number of methoxy groups -OCH3 is 2. The second kappa shape index (κ2) is 21.3. The third-order valence-electron chi connectivity index (χ3n) is 10.9. The molecule has 1 saturated heterocycles. The average Bonchev–Trinajstić information content (AvgIpc) is 3.81. The Labute approximate surface area is 350 Å². The molecule has 16 nitrogen and oxygen atoms in total. The van der Waals surface area contributed by atoms with Crippen molar-refractivity contribution in [3.63, 3.8) is 0 Å². The fourth-order valence-electron chi connectivity index (χ4n) is 6.79. The van der Waals surface area contributed by atoms with Gasteiger partial charge in [-0.1, -0.05) is 33.8 Å². The summed E-state index contributed by atoms with van der Waals surface area (Å²) in [4.78, 5) is 66.7. The van der Waals surface area contributed by atoms with E-state index in [0.29, 0.717) is 56.8 Å². The van der Waals surface area contributed by atoms with E-state index in [2.05, 4.69) is 24.5 Å². The van der Waals surface area contributed by atoms with Crippen molar-refractivity contribution in [3.8, 4) is 11.5 Å². The van der Waals surface area contributed by atoms with Crippen molar-refractivity contribution in [1.82, 2.24) is 15.5 Å². The van der Waals surface area contributed by atoms with Crippen LogP contribution in [0.4, 0.5) is 9.59 Å². The third kappa shape index (κ3) is 14.7. The molecular formula is C43H70N4O12. The SMILES string of the molecule is COCCCOc1cc(CC(C[C@H]2[C@H](CC(C(=O)NCC(C)(C)C(N)=O)C(C)C)OCN2C(=O)OC(C)OC(=O)C2(NC(=O)OC(C)(C)C)CC2)C(C)C)ccc1OC. The normalized spacial score (nSPS) is 19.1. The fraction of sp³-hybridized carbons (Fsp3) is 0.744. The largest absolute Gasteiger partial charge is 0.493 e. The molecule has 3 rings (SSSR count). The average molecular weight is 835 g/mol. The molecule has 59 heavy (non-hydrogen) atoms. The van der Waals surface area contributed by atoms with Gasteiger partial charge in [-0.05, 0) is 102 Å². The topological polar surface area (TPSA) is 203 Å². The Kier molecular flexibility index (Phi) is 17.7. The smallest absolute Gasteiger partial charge is 0.415 e. The van der Waals surface area contributed by atoms with Gasteiger partial charge in [-0.25, -0.2) is 14.4 Å². The van der Waals surface area contributed by atoms with Gasteiger partial charge in [0, 0.05) is 39.5 Å². The maximum atomic E-state index is 14.0. The number of hydrogen-bond acceptors (Lipinski definition) is 12. The molecule has 2 fully saturated rings. The number of ether oxygens (including phenoxy) is 7. The number of amides is 4. The molecule has 2 aliphatic rings. The van der Waals surface area contributed by atoms with Gasteiger partial charge in [0.2, 0.25) is 18.1 Å². The highest BCUT2D eigenvalue weighted by molar-refractivity contribution is 5.89. The Balaban J connectivity index is 1.85. The highest BCUT2D eigenvalue weighted by atomic mass is 16.7. The number of nitrogens with zero attached hydrogens (tertiary/aromatic N) is 1. The maximum absolute atomic E-state index is 14.0. The summed E-state index contributed by atoms with van der Waals surface area (Å²) in [5.41, 5.74) is 3.62. The Bertz CT molecular complexity index is 1590. The minimum atomic E-state index is -1.29. The van der Waals surface area contributed by atoms with Gasteiger partial charge >= 0.3 is 18.2 Å². The monoisotopic (exact) mass is 834 g/mol. The molecule has 1 aliphatic heterocycles. The molecule has 3 unspecified atom stereocenters. The summed E-state index contributed by atoms with van der Waals surface area (Å²) in [5, 5.41) is 5.51. The van der Waals surface area contributed by atoms with E-state index in [-0.39, 0.29) is 43.4 Å². The van der Waals surface area contributed by atoms with Crippen LogP contribution in [0.1, 0.15) is 107 Å². The van der Waals surface area contributed by atoms with Crippen LogP contribution in [-0.2, 0) is 44.5 Å². The van der Waals surface area contributed by atoms with Crippen LogP contribution in [0.3, 0.4) is 0 Å². The molecule has 1 saturated carbocycles. The second-order valence-electron chi connectivity index (χ2n) is 18.1. The first-order chi connectivity index (χ1) is 27.5. The number of benzene rings is 1. The van der Waals surface area contributed by atoms with Gasteiger partial charge in [-0.2, -0.15) is 0 Å². The van der Waals surface area contributed by atoms with E-state index in [1.165, 1.54) is 11.8 Å². The second-order valence-corrected chi connectivity index (χ2v) is 18.1. The summed E-state index contributed by atoms with van der Waals surface area (Å²) in [6.07, 6.45) is -0.521. The number of primary amides is 1. The molecule has 1 aromatic carbocycles. The van der Waals surface area contributed by atoms with Crippen LogP contribution in [0.25, 0.3) is 0 Å². The molecule has 1 heterocycles. The van der Waals surface area contributed by atoms with Crippen molar-refractivity contribution in [2.24, 2.45) is 34.8 Å². The van der Waals surface area contributed by atoms with Gasteiger partial charge < -0.3 is 49.5 Å². The molecule has 5 atom stereocenters. The molecule has 1 aliphatic carbocycles. The summed E-state index contributed by atoms with van der Waals surface area (Å²) < 4.78 is 39.7. The van der Waals surface area contributed by atoms with E-state index in [4.69, 9.17) is 38.9 Å². The minimum Gasteiger partial charge on any atom is -0.493 e. The van der Waals surface area contributed by atoms with Crippen molar-refractivity contribution in [2.45, 2.75) is 137 Å². The lowest BCUT2D eigenvalue weighted by Crippen LogP contribution is -2.48. The van der Waals surface area contributed by atoms with Gasteiger partial charge in [0.1, 0.15) is 17.9 Å². The number of nitrogens with one attached hydrogen (secondary N) is 2. The molecule has 16 heteroatoms. The molecular weight excluding hydrogens is 764 g/mol. The number of hydrogen-bond donors (Lipinski definition) is 3. The Morgan fingerprint density at radius 3 is 2.17 bits per heavy atom. The van der Waals surface area contributed by atoms with Crippen molar-refractivity contribution in [2.75, 3.05) is 40.7 Å². The molecule has 0 aromatic heterocycles. The minimum absolute atomic E-state index is 0.0285. The molecule has 4 amide bonds. The van der Waals surface area contributed by atoms with Gasteiger partial charge in [0.05, 0.1) is 31.3 Å². The summed E-state index contributed by atoms with van der Waals surface area (Å²) in [6, 6.07) is 5.33. The lowest BCUT2D eigenvalue weighted by molar-refractivity contribution is -0.170. The molecule has 334 valence electrons. The number of carbonyl (C=O) groups excluding carboxylic acids is 5. The quantitative estimate of drug-likeness (QED) is 0.0730. The maximum Gasteiger partial charge on any atom is 0.415 e. The van der Waals surface area contributed by atoms with E-state index in [1.807, 2.05) is 32.0 Å². The predicted octanol–water partition coefficient (Wildman–Crippen LogP) is 5.72. The zero-order valence-electron chi connectivity index (χ0n) is 37.3. The lowest BCUT2D eigenvalue weighted by atomic mass is 9.80. The zero-order valence-corrected chi connectivity index (χ0v) is 37.3. The molecule has 0 radical (unpaired) electrons. The highest BCUT2D eigenvalue weighted by Gasteiger charge is 2.54. The van der Waals surface area contributed by atoms with Crippen LogP contribution in [0.15, 0.2) is 18.2 Å². The van der Waals surface area contributed by atoms with Crippen molar-refractivity contribution < 1.29 is 57.1 Å². The Morgan fingerprint density at radius 1 is 0.932 bits per heavy atom. The molecule has 1 aromatic rings. The predicted molar refractivity (Wildman–Crippen MR) is 219 cm³/mol. The van der Waals surface area contributed by atoms with Crippen molar-refractivity contribution in [1.29, 1.82) is 0 Å². The zero-order chi connectivity index (χ0) is 44.3. The molecule has 4 N–H and O–H groups in total. The van der Waals surface area contributed by atoms with Crippen LogP contribution in [-0.4, -0.2) is 105 Å². The molecule has 0 spiro atoms. The number of nitrogens with two attached hydrogens (primary N) is 1. The van der Waals surface area contributed by atoms with Crippen LogP contribution >= 0.6 is 0 Å². The summed E-state index contributed by atoms with van der Waals surface area (Å²) in [7, 11) is 3.24. The molecule has 0 bridgehead atoms. The van der Waals surface area contributed by atoms with E-state index in [1.54, 1.807) is 48.8 Å². The number of esters is 1. The van der Waals surface area contributed by atoms with Gasteiger partial charge in [0.25, 0.3) is 0 Å². The number of alkyl carbamates (subject to hydrolysis) is 1. The van der Waals surface area contributed by atoms with Gasteiger partial charge in [-0.15, -0.1) is 0 Å². The first-order valence-corrected chi connectivity index (χ1v) is 20.7. The summed E-state index contributed by atoms with van der Waals surface area (Å²) in [6.45, 7) is 19.0. The number of carbonyl (C=O) groups is 5. The van der Waals surface area contributed by atoms with Crippen LogP contribution in [0.5, 0.6) is 11.5 Å². The van der Waals surface area contributed by atoms with Gasteiger partial charge in [0.15, 0.2) is 11.5 Å². The van der Waals surface area contributed by atoms with E-state index < -0.39 is 65.0 Å². The van der Waals surface area contributed by atoms with E-state index in [9.17, 15) is 24.0 Å². The highest BCUT2D eigenvalue weighted by Crippen LogP contribution is 2.38. The summed E-state index contributed by atoms with van der Waals surface area (Å²) >= 11 is 0. The van der Waals surface area contributed by atoms with Crippen LogP contribution in [0.2, 0.25) is 0 Å². The third-order valence-corrected chi connectivity index (χ3v) is 10.9. The van der Waals surface area contributed by atoms with Gasteiger partial charge in [-0.3, -0.25) is 14.5 Å². The van der Waals surface area contributed by atoms with Crippen molar-refractivity contribution >= 4 is 30.0 Å². The summed E-state index contributed by atoms with van der Waals surface area (Å²) in [5.74, 6) is -0.708. The van der Waals surface area contributed by atoms with Crippen LogP contribution < -0.4 is 25.8 Å². The Hall–Kier alpha value is -4.31.